The fourth-order valence-electron chi connectivity index (χ4n) is 6.19. The Morgan fingerprint density at radius 1 is 1.20 bits per heavy atom. The summed E-state index contributed by atoms with van der Waals surface area (Å²) in [7, 11) is -4.09. The molecule has 5 rings (SSSR count). The summed E-state index contributed by atoms with van der Waals surface area (Å²) in [6.07, 6.45) is -3.62. The maximum atomic E-state index is 14.0. The lowest BCUT2D eigenvalue weighted by molar-refractivity contribution is -0.136. The number of sulfonamides is 1. The van der Waals surface area contributed by atoms with Gasteiger partial charge in [-0.3, -0.25) is 9.79 Å². The molecule has 2 aromatic rings. The minimum absolute atomic E-state index is 0.0584. The Hall–Kier alpha value is -2.70. The van der Waals surface area contributed by atoms with Crippen LogP contribution in [0.1, 0.15) is 45.1 Å². The molecule has 1 aliphatic heterocycles. The van der Waals surface area contributed by atoms with Crippen molar-refractivity contribution in [3.63, 3.8) is 0 Å². The van der Waals surface area contributed by atoms with Crippen LogP contribution in [0.2, 0.25) is 5.02 Å². The molecule has 2 saturated carbocycles. The Morgan fingerprint density at radius 2 is 1.90 bits per heavy atom. The Balaban J connectivity index is 1.39. The zero-order valence-corrected chi connectivity index (χ0v) is 24.1. The van der Waals surface area contributed by atoms with E-state index in [1.165, 1.54) is 22.5 Å². The molecule has 1 heterocycles. The van der Waals surface area contributed by atoms with Crippen molar-refractivity contribution in [1.29, 1.82) is 0 Å². The molecule has 2 aliphatic carbocycles. The molecule has 2 aromatic carbocycles. The Kier molecular flexibility index (Phi) is 7.65. The van der Waals surface area contributed by atoms with Crippen LogP contribution < -0.4 is 10.6 Å². The third kappa shape index (κ3) is 5.70. The predicted molar refractivity (Wildman–Crippen MR) is 146 cm³/mol. The van der Waals surface area contributed by atoms with Crippen LogP contribution in [-0.2, 0) is 21.4 Å². The van der Waals surface area contributed by atoms with Gasteiger partial charge in [0, 0.05) is 29.6 Å². The van der Waals surface area contributed by atoms with Gasteiger partial charge in [0.05, 0.1) is 16.9 Å². The highest BCUT2D eigenvalue weighted by molar-refractivity contribution is 7.89. The van der Waals surface area contributed by atoms with Gasteiger partial charge >= 0.3 is 6.18 Å². The third-order valence-corrected chi connectivity index (χ3v) is 10.6. The number of benzene rings is 2. The monoisotopic (exact) mass is 614 g/mol. The van der Waals surface area contributed by atoms with E-state index in [0.717, 1.165) is 24.5 Å². The molecule has 0 spiro atoms. The molecule has 3 aliphatic rings. The minimum Gasteiger partial charge on any atom is -0.366 e. The van der Waals surface area contributed by atoms with E-state index in [2.05, 4.69) is 15.6 Å². The van der Waals surface area contributed by atoms with Crippen LogP contribution in [0.4, 0.5) is 17.6 Å². The van der Waals surface area contributed by atoms with Crippen LogP contribution in [0.5, 0.6) is 0 Å². The van der Waals surface area contributed by atoms with Crippen molar-refractivity contribution >= 4 is 33.4 Å². The summed E-state index contributed by atoms with van der Waals surface area (Å²) in [4.78, 5) is 17.3. The summed E-state index contributed by atoms with van der Waals surface area (Å²) >= 11 is 6.03. The number of carbonyl (C=O) groups excluding carboxylic acids is 1. The van der Waals surface area contributed by atoms with Crippen LogP contribution in [0, 0.1) is 17.2 Å². The number of nitrogens with one attached hydrogen (secondary N) is 2. The molecule has 0 radical (unpaired) electrons. The van der Waals surface area contributed by atoms with Crippen molar-refractivity contribution in [3.8, 4) is 0 Å². The standard InChI is InChI=1S/C28H31ClF4N4O3S/c1-26(2)23(24(38)34-13-12-28(31,32)33)35-25(36-26)27-11-10-21(27)22(15-27)37(16-17-6-8-18(29)9-7-17)41(39,40)20-5-3-4-19(30)14-20/h3-9,14,21-23H,10-13,15-16H2,1-2H3,(H,34,38)(H,35,36)/t21?,22?,23-,27?/m0/s1. The number of halogens is 5. The molecule has 1 amide bonds. The number of aliphatic imine (C=N–C) groups is 1. The number of alkyl halides is 3. The summed E-state index contributed by atoms with van der Waals surface area (Å²) in [5.41, 5.74) is -0.591. The molecule has 41 heavy (non-hydrogen) atoms. The Morgan fingerprint density at radius 3 is 2.49 bits per heavy atom. The molecule has 13 heteroatoms. The predicted octanol–water partition coefficient (Wildman–Crippen LogP) is 5.06. The second-order valence-corrected chi connectivity index (χ2v) is 13.9. The zero-order chi connectivity index (χ0) is 29.8. The van der Waals surface area contributed by atoms with Gasteiger partial charge in [-0.1, -0.05) is 29.8 Å². The van der Waals surface area contributed by atoms with Crippen molar-refractivity contribution in [2.45, 2.75) is 74.8 Å². The van der Waals surface area contributed by atoms with Crippen LogP contribution in [-0.4, -0.2) is 54.8 Å². The molecule has 2 fully saturated rings. The molecule has 0 saturated heterocycles. The number of hydrogen-bond donors (Lipinski definition) is 2. The van der Waals surface area contributed by atoms with Crippen molar-refractivity contribution in [2.75, 3.05) is 6.54 Å². The van der Waals surface area contributed by atoms with Crippen molar-refractivity contribution in [3.05, 3.63) is 64.9 Å². The smallest absolute Gasteiger partial charge is 0.366 e. The highest BCUT2D eigenvalue weighted by Gasteiger charge is 2.67. The zero-order valence-electron chi connectivity index (χ0n) is 22.5. The minimum atomic E-state index is -4.38. The van der Waals surface area contributed by atoms with Crippen LogP contribution in [0.15, 0.2) is 58.4 Å². The highest BCUT2D eigenvalue weighted by Crippen LogP contribution is 2.64. The first kappa shape index (κ1) is 29.8. The van der Waals surface area contributed by atoms with E-state index in [-0.39, 0.29) is 17.4 Å². The van der Waals surface area contributed by atoms with Crippen LogP contribution >= 0.6 is 11.6 Å². The van der Waals surface area contributed by atoms with Gasteiger partial charge in [0.1, 0.15) is 11.7 Å². The van der Waals surface area contributed by atoms with E-state index in [1.807, 2.05) is 0 Å². The fraction of sp³-hybridized carbons (Fsp3) is 0.500. The highest BCUT2D eigenvalue weighted by atomic mass is 35.5. The Bertz CT molecular complexity index is 1470. The number of fused-ring (bicyclic) bond motifs is 1. The van der Waals surface area contributed by atoms with Gasteiger partial charge in [0.2, 0.25) is 15.9 Å². The lowest BCUT2D eigenvalue weighted by Crippen LogP contribution is -2.70. The first-order valence-corrected chi connectivity index (χ1v) is 15.2. The lowest BCUT2D eigenvalue weighted by Gasteiger charge is -2.65. The second kappa shape index (κ2) is 10.5. The number of nitrogens with zero attached hydrogens (tertiary/aromatic N) is 2. The van der Waals surface area contributed by atoms with Crippen LogP contribution in [0.3, 0.4) is 0 Å². The molecule has 3 unspecified atom stereocenters. The number of hydrogen-bond acceptors (Lipinski definition) is 5. The van der Waals surface area contributed by atoms with E-state index in [9.17, 15) is 30.8 Å². The van der Waals surface area contributed by atoms with Crippen molar-refractivity contribution < 1.29 is 30.8 Å². The first-order valence-electron chi connectivity index (χ1n) is 13.4. The summed E-state index contributed by atoms with van der Waals surface area (Å²) in [5, 5.41) is 6.18. The molecule has 0 bridgehead atoms. The van der Waals surface area contributed by atoms with Gasteiger partial charge in [-0.2, -0.15) is 17.5 Å². The molecule has 0 aromatic heterocycles. The molecular weight excluding hydrogens is 584 g/mol. The Labute approximate surface area is 241 Å². The van der Waals surface area contributed by atoms with Crippen molar-refractivity contribution in [1.82, 2.24) is 14.9 Å². The van der Waals surface area contributed by atoms with E-state index in [4.69, 9.17) is 11.6 Å². The van der Waals surface area contributed by atoms with Crippen molar-refractivity contribution in [2.24, 2.45) is 16.3 Å². The first-order chi connectivity index (χ1) is 19.1. The fourth-order valence-corrected chi connectivity index (χ4v) is 8.00. The van der Waals surface area contributed by atoms with E-state index in [1.54, 1.807) is 38.1 Å². The summed E-state index contributed by atoms with van der Waals surface area (Å²) in [6, 6.07) is 10.4. The largest absolute Gasteiger partial charge is 0.390 e. The van der Waals surface area contributed by atoms with Gasteiger partial charge in [-0.15, -0.1) is 0 Å². The summed E-state index contributed by atoms with van der Waals surface area (Å²) in [6.45, 7) is 3.05. The number of rotatable bonds is 9. The molecule has 2 N–H and O–H groups in total. The maximum Gasteiger partial charge on any atom is 0.390 e. The van der Waals surface area contributed by atoms with E-state index >= 15 is 0 Å². The van der Waals surface area contributed by atoms with Gasteiger partial charge < -0.3 is 10.6 Å². The van der Waals surface area contributed by atoms with Gasteiger partial charge in [0.25, 0.3) is 0 Å². The average Bonchev–Trinajstić information content (AvgIpc) is 3.19. The molecule has 7 nitrogen and oxygen atoms in total. The van der Waals surface area contributed by atoms with Gasteiger partial charge in [0.15, 0.2) is 6.04 Å². The van der Waals surface area contributed by atoms with E-state index in [0.29, 0.717) is 17.3 Å². The molecular formula is C28H31ClF4N4O3S. The number of amidine groups is 1. The maximum absolute atomic E-state index is 14.0. The topological polar surface area (TPSA) is 90.9 Å². The van der Waals surface area contributed by atoms with E-state index < -0.39 is 63.9 Å². The number of amides is 1. The van der Waals surface area contributed by atoms with Crippen LogP contribution in [0.25, 0.3) is 0 Å². The quantitative estimate of drug-likeness (QED) is 0.387. The summed E-state index contributed by atoms with van der Waals surface area (Å²) < 4.78 is 80.9. The number of carbonyl (C=O) groups is 1. The lowest BCUT2D eigenvalue weighted by atomic mass is 9.44. The van der Waals surface area contributed by atoms with Gasteiger partial charge in [-0.05, 0) is 74.9 Å². The third-order valence-electron chi connectivity index (χ3n) is 8.48. The average molecular weight is 615 g/mol. The molecule has 222 valence electrons. The SMILES string of the molecule is CC1(C)NC(C23CCC2C(N(Cc2ccc(Cl)cc2)S(=O)(=O)c2cccc(F)c2)C3)=N[C@H]1C(=O)NCCC(F)(F)F. The molecule has 4 atom stereocenters. The normalized spacial score (nSPS) is 26.8. The summed E-state index contributed by atoms with van der Waals surface area (Å²) in [5.74, 6) is -0.772. The second-order valence-electron chi connectivity index (χ2n) is 11.6. The van der Waals surface area contributed by atoms with Gasteiger partial charge in [-0.25, -0.2) is 12.8 Å².